The predicted molar refractivity (Wildman–Crippen MR) is 68.7 cm³/mol. The Hall–Kier alpha value is -1.35. The minimum absolute atomic E-state index is 0.863. The minimum atomic E-state index is 0.863. The van der Waals surface area contributed by atoms with Gasteiger partial charge in [-0.1, -0.05) is 12.1 Å². The standard InChI is InChI=1S/C13H12BrNO/c1-9-7-13(14)15-8-12(9)10-3-5-11(16-2)6-4-10/h3-8H,1-2H3. The maximum atomic E-state index is 5.13. The molecular formula is C13H12BrNO. The van der Waals surface area contributed by atoms with E-state index in [4.69, 9.17) is 4.74 Å². The summed E-state index contributed by atoms with van der Waals surface area (Å²) in [5.41, 5.74) is 3.50. The summed E-state index contributed by atoms with van der Waals surface area (Å²) in [6.07, 6.45) is 1.88. The van der Waals surface area contributed by atoms with Gasteiger partial charge in [0.25, 0.3) is 0 Å². The molecule has 0 bridgehead atoms. The summed E-state index contributed by atoms with van der Waals surface area (Å²) in [5.74, 6) is 0.867. The van der Waals surface area contributed by atoms with Crippen molar-refractivity contribution >= 4 is 15.9 Å². The normalized spacial score (nSPS) is 10.2. The first-order chi connectivity index (χ1) is 7.70. The highest BCUT2D eigenvalue weighted by Crippen LogP contribution is 2.26. The number of methoxy groups -OCH3 is 1. The van der Waals surface area contributed by atoms with Gasteiger partial charge in [0.1, 0.15) is 10.4 Å². The number of benzene rings is 1. The first-order valence-electron chi connectivity index (χ1n) is 4.97. The van der Waals surface area contributed by atoms with E-state index in [1.165, 1.54) is 5.56 Å². The molecule has 0 saturated heterocycles. The molecule has 0 atom stereocenters. The van der Waals surface area contributed by atoms with Gasteiger partial charge in [0.2, 0.25) is 0 Å². The maximum Gasteiger partial charge on any atom is 0.118 e. The first-order valence-corrected chi connectivity index (χ1v) is 5.76. The Balaban J connectivity index is 2.42. The summed E-state index contributed by atoms with van der Waals surface area (Å²) < 4.78 is 5.99. The Labute approximate surface area is 103 Å². The minimum Gasteiger partial charge on any atom is -0.497 e. The quantitative estimate of drug-likeness (QED) is 0.779. The fraction of sp³-hybridized carbons (Fsp3) is 0.154. The third kappa shape index (κ3) is 2.25. The van der Waals surface area contributed by atoms with Gasteiger partial charge in [0, 0.05) is 11.8 Å². The lowest BCUT2D eigenvalue weighted by Gasteiger charge is -2.06. The fourth-order valence-corrected chi connectivity index (χ4v) is 2.04. The van der Waals surface area contributed by atoms with Crippen molar-refractivity contribution in [2.75, 3.05) is 7.11 Å². The zero-order chi connectivity index (χ0) is 11.5. The van der Waals surface area contributed by atoms with Crippen LogP contribution in [-0.4, -0.2) is 12.1 Å². The number of aromatic nitrogens is 1. The van der Waals surface area contributed by atoms with Crippen LogP contribution in [0.4, 0.5) is 0 Å². The highest BCUT2D eigenvalue weighted by Gasteiger charge is 2.03. The number of nitrogens with zero attached hydrogens (tertiary/aromatic N) is 1. The van der Waals surface area contributed by atoms with Gasteiger partial charge in [-0.15, -0.1) is 0 Å². The highest BCUT2D eigenvalue weighted by atomic mass is 79.9. The van der Waals surface area contributed by atoms with Crippen LogP contribution < -0.4 is 4.74 Å². The Morgan fingerprint density at radius 2 is 1.88 bits per heavy atom. The van der Waals surface area contributed by atoms with Crippen LogP contribution in [0.15, 0.2) is 41.1 Å². The van der Waals surface area contributed by atoms with Crippen LogP contribution >= 0.6 is 15.9 Å². The molecule has 1 heterocycles. The van der Waals surface area contributed by atoms with Gasteiger partial charge < -0.3 is 4.74 Å². The molecule has 0 aliphatic carbocycles. The number of hydrogen-bond acceptors (Lipinski definition) is 2. The number of hydrogen-bond donors (Lipinski definition) is 0. The first kappa shape index (κ1) is 11.1. The summed E-state index contributed by atoms with van der Waals surface area (Å²) in [4.78, 5) is 4.24. The van der Waals surface area contributed by atoms with Crippen LogP contribution in [0.5, 0.6) is 5.75 Å². The second-order valence-corrected chi connectivity index (χ2v) is 4.36. The lowest BCUT2D eigenvalue weighted by molar-refractivity contribution is 0.415. The van der Waals surface area contributed by atoms with Gasteiger partial charge >= 0.3 is 0 Å². The lowest BCUT2D eigenvalue weighted by atomic mass is 10.0. The van der Waals surface area contributed by atoms with Crippen molar-refractivity contribution in [2.45, 2.75) is 6.92 Å². The molecule has 0 radical (unpaired) electrons. The van der Waals surface area contributed by atoms with E-state index in [2.05, 4.69) is 27.8 Å². The van der Waals surface area contributed by atoms with Crippen molar-refractivity contribution in [1.82, 2.24) is 4.98 Å². The molecule has 0 saturated carbocycles. The van der Waals surface area contributed by atoms with E-state index >= 15 is 0 Å². The smallest absolute Gasteiger partial charge is 0.118 e. The van der Waals surface area contributed by atoms with E-state index in [0.29, 0.717) is 0 Å². The van der Waals surface area contributed by atoms with Crippen molar-refractivity contribution in [3.8, 4) is 16.9 Å². The Kier molecular flexibility index (Phi) is 3.25. The van der Waals surface area contributed by atoms with Gasteiger partial charge in [0.15, 0.2) is 0 Å². The molecule has 1 aromatic heterocycles. The number of pyridine rings is 1. The van der Waals surface area contributed by atoms with Crippen molar-refractivity contribution in [3.63, 3.8) is 0 Å². The van der Waals surface area contributed by atoms with E-state index in [-0.39, 0.29) is 0 Å². The molecular weight excluding hydrogens is 266 g/mol. The summed E-state index contributed by atoms with van der Waals surface area (Å²) in [5, 5.41) is 0. The predicted octanol–water partition coefficient (Wildman–Crippen LogP) is 3.83. The molecule has 0 unspecified atom stereocenters. The van der Waals surface area contributed by atoms with Crippen LogP contribution in [0, 0.1) is 6.92 Å². The number of halogens is 1. The summed E-state index contributed by atoms with van der Waals surface area (Å²) in [6.45, 7) is 2.08. The average Bonchev–Trinajstić information content (AvgIpc) is 2.29. The van der Waals surface area contributed by atoms with Crippen molar-refractivity contribution in [3.05, 3.63) is 46.7 Å². The van der Waals surface area contributed by atoms with Crippen molar-refractivity contribution in [2.24, 2.45) is 0 Å². The lowest BCUT2D eigenvalue weighted by Crippen LogP contribution is -1.87. The Morgan fingerprint density at radius 1 is 1.19 bits per heavy atom. The molecule has 1 aromatic carbocycles. The van der Waals surface area contributed by atoms with Gasteiger partial charge in [0.05, 0.1) is 7.11 Å². The Bertz CT molecular complexity index is 494. The van der Waals surface area contributed by atoms with Crippen LogP contribution in [-0.2, 0) is 0 Å². The van der Waals surface area contributed by atoms with Crippen molar-refractivity contribution < 1.29 is 4.74 Å². The van der Waals surface area contributed by atoms with Gasteiger partial charge in [-0.2, -0.15) is 0 Å². The van der Waals surface area contributed by atoms with E-state index in [1.807, 2.05) is 36.5 Å². The average molecular weight is 278 g/mol. The molecule has 0 fully saturated rings. The fourth-order valence-electron chi connectivity index (χ4n) is 1.59. The zero-order valence-corrected chi connectivity index (χ0v) is 10.8. The van der Waals surface area contributed by atoms with Crippen LogP contribution in [0.3, 0.4) is 0 Å². The van der Waals surface area contributed by atoms with Gasteiger partial charge in [-0.25, -0.2) is 4.98 Å². The van der Waals surface area contributed by atoms with E-state index in [9.17, 15) is 0 Å². The second-order valence-electron chi connectivity index (χ2n) is 3.55. The molecule has 0 aliphatic heterocycles. The summed E-state index contributed by atoms with van der Waals surface area (Å²) in [7, 11) is 1.67. The highest BCUT2D eigenvalue weighted by molar-refractivity contribution is 9.10. The van der Waals surface area contributed by atoms with Gasteiger partial charge in [-0.05, 0) is 52.2 Å². The topological polar surface area (TPSA) is 22.1 Å². The monoisotopic (exact) mass is 277 g/mol. The molecule has 82 valence electrons. The molecule has 2 nitrogen and oxygen atoms in total. The molecule has 0 aliphatic rings. The molecule has 3 heteroatoms. The van der Waals surface area contributed by atoms with E-state index < -0.39 is 0 Å². The molecule has 2 aromatic rings. The molecule has 0 spiro atoms. The van der Waals surface area contributed by atoms with Crippen LogP contribution in [0.2, 0.25) is 0 Å². The third-order valence-corrected chi connectivity index (χ3v) is 2.91. The second kappa shape index (κ2) is 4.66. The largest absolute Gasteiger partial charge is 0.497 e. The number of rotatable bonds is 2. The molecule has 2 rings (SSSR count). The number of ether oxygens (including phenoxy) is 1. The van der Waals surface area contributed by atoms with Crippen LogP contribution in [0.1, 0.15) is 5.56 Å². The van der Waals surface area contributed by atoms with Crippen LogP contribution in [0.25, 0.3) is 11.1 Å². The molecule has 0 N–H and O–H groups in total. The summed E-state index contributed by atoms with van der Waals surface area (Å²) >= 11 is 3.36. The third-order valence-electron chi connectivity index (χ3n) is 2.48. The Morgan fingerprint density at radius 3 is 2.44 bits per heavy atom. The van der Waals surface area contributed by atoms with E-state index in [1.54, 1.807) is 7.11 Å². The van der Waals surface area contributed by atoms with E-state index in [0.717, 1.165) is 21.5 Å². The van der Waals surface area contributed by atoms with Crippen molar-refractivity contribution in [1.29, 1.82) is 0 Å². The SMILES string of the molecule is COc1ccc(-c2cnc(Br)cc2C)cc1. The van der Waals surface area contributed by atoms with Gasteiger partial charge in [-0.3, -0.25) is 0 Å². The zero-order valence-electron chi connectivity index (χ0n) is 9.20. The maximum absolute atomic E-state index is 5.13. The summed E-state index contributed by atoms with van der Waals surface area (Å²) in [6, 6.07) is 10.0. The molecule has 16 heavy (non-hydrogen) atoms. The number of aryl methyl sites for hydroxylation is 1. The molecule has 0 amide bonds.